The van der Waals surface area contributed by atoms with Crippen molar-refractivity contribution in [3.05, 3.63) is 11.6 Å². The fraction of sp³-hybridized carbons (Fsp3) is 0.750. The molecule has 0 aliphatic heterocycles. The maximum atomic E-state index is 10.5. The Labute approximate surface area is 96.4 Å². The molecule has 0 aromatic carbocycles. The highest BCUT2D eigenvalue weighted by Crippen LogP contribution is 2.36. The maximum absolute atomic E-state index is 10.5. The Balaban J connectivity index is 2.29. The van der Waals surface area contributed by atoms with Crippen molar-refractivity contribution < 1.29 is 15.0 Å². The quantitative estimate of drug-likeness (QED) is 0.470. The van der Waals surface area contributed by atoms with Gasteiger partial charge in [0.15, 0.2) is 0 Å². The van der Waals surface area contributed by atoms with Crippen LogP contribution in [0.3, 0.4) is 0 Å². The third kappa shape index (κ3) is 3.61. The van der Waals surface area contributed by atoms with Gasteiger partial charge < -0.3 is 15.5 Å². The van der Waals surface area contributed by atoms with E-state index < -0.39 is 5.97 Å². The lowest BCUT2D eigenvalue weighted by Gasteiger charge is -2.26. The molecule has 0 amide bonds. The molecular formula is C12H21NO3. The van der Waals surface area contributed by atoms with Gasteiger partial charge >= 0.3 is 5.97 Å². The first-order valence-corrected chi connectivity index (χ1v) is 5.81. The lowest BCUT2D eigenvalue weighted by atomic mass is 9.87. The van der Waals surface area contributed by atoms with Gasteiger partial charge in [0.1, 0.15) is 0 Å². The molecule has 0 bridgehead atoms. The molecule has 0 saturated heterocycles. The second-order valence-electron chi connectivity index (χ2n) is 4.69. The highest BCUT2D eigenvalue weighted by atomic mass is 16.4. The molecule has 3 N–H and O–H groups in total. The Morgan fingerprint density at radius 3 is 2.56 bits per heavy atom. The summed E-state index contributed by atoms with van der Waals surface area (Å²) < 4.78 is 0. The normalized spacial score (nSPS) is 20.0. The minimum absolute atomic E-state index is 0.0327. The Kier molecular flexibility index (Phi) is 4.96. The minimum Gasteiger partial charge on any atom is -0.478 e. The summed E-state index contributed by atoms with van der Waals surface area (Å²) >= 11 is 0. The zero-order chi connectivity index (χ0) is 12.0. The molecule has 0 radical (unpaired) electrons. The van der Waals surface area contributed by atoms with Crippen LogP contribution < -0.4 is 5.32 Å². The predicted molar refractivity (Wildman–Crippen MR) is 62.2 cm³/mol. The van der Waals surface area contributed by atoms with E-state index >= 15 is 0 Å². The van der Waals surface area contributed by atoms with Crippen LogP contribution in [-0.2, 0) is 4.79 Å². The molecule has 1 saturated carbocycles. The van der Waals surface area contributed by atoms with Gasteiger partial charge in [-0.3, -0.25) is 0 Å². The van der Waals surface area contributed by atoms with E-state index in [9.17, 15) is 9.90 Å². The molecule has 0 atom stereocenters. The predicted octanol–water partition coefficient (Wildman–Crippen LogP) is 1.16. The van der Waals surface area contributed by atoms with Crippen LogP contribution in [0.1, 0.15) is 32.6 Å². The van der Waals surface area contributed by atoms with Gasteiger partial charge in [-0.05, 0) is 19.8 Å². The summed E-state index contributed by atoms with van der Waals surface area (Å²) in [5.41, 5.74) is 0.391. The van der Waals surface area contributed by atoms with Crippen molar-refractivity contribution in [3.8, 4) is 0 Å². The Morgan fingerprint density at radius 2 is 2.06 bits per heavy atom. The number of aliphatic carboxylic acids is 1. The third-order valence-corrected chi connectivity index (χ3v) is 3.39. The van der Waals surface area contributed by atoms with Gasteiger partial charge in [-0.25, -0.2) is 4.79 Å². The van der Waals surface area contributed by atoms with Crippen molar-refractivity contribution >= 4 is 5.97 Å². The number of hydrogen-bond acceptors (Lipinski definition) is 3. The average molecular weight is 227 g/mol. The Morgan fingerprint density at radius 1 is 1.44 bits per heavy atom. The second-order valence-corrected chi connectivity index (χ2v) is 4.69. The Bertz CT molecular complexity index is 267. The molecule has 4 heteroatoms. The van der Waals surface area contributed by atoms with E-state index in [-0.39, 0.29) is 12.0 Å². The minimum atomic E-state index is -0.875. The third-order valence-electron chi connectivity index (χ3n) is 3.39. The summed E-state index contributed by atoms with van der Waals surface area (Å²) in [6.07, 6.45) is 6.18. The first kappa shape index (κ1) is 13.2. The number of hydrogen-bond donors (Lipinski definition) is 3. The monoisotopic (exact) mass is 227 g/mol. The lowest BCUT2D eigenvalue weighted by Crippen LogP contribution is -2.35. The van der Waals surface area contributed by atoms with Crippen LogP contribution in [0.25, 0.3) is 0 Å². The van der Waals surface area contributed by atoms with Crippen LogP contribution in [0, 0.1) is 5.41 Å². The summed E-state index contributed by atoms with van der Waals surface area (Å²) in [5, 5.41) is 21.2. The van der Waals surface area contributed by atoms with E-state index in [0.29, 0.717) is 12.1 Å². The van der Waals surface area contributed by atoms with Gasteiger partial charge in [0, 0.05) is 30.7 Å². The fourth-order valence-electron chi connectivity index (χ4n) is 2.17. The van der Waals surface area contributed by atoms with Crippen molar-refractivity contribution in [2.24, 2.45) is 5.41 Å². The van der Waals surface area contributed by atoms with Gasteiger partial charge in [0.2, 0.25) is 0 Å². The van der Waals surface area contributed by atoms with Crippen molar-refractivity contribution in [2.75, 3.05) is 19.7 Å². The van der Waals surface area contributed by atoms with Gasteiger partial charge in [-0.15, -0.1) is 0 Å². The summed E-state index contributed by atoms with van der Waals surface area (Å²) in [5.74, 6) is -0.875. The number of aliphatic hydroxyl groups excluding tert-OH is 1. The van der Waals surface area contributed by atoms with E-state index in [0.717, 1.165) is 19.4 Å². The lowest BCUT2D eigenvalue weighted by molar-refractivity contribution is -0.132. The van der Waals surface area contributed by atoms with Crippen LogP contribution in [0.4, 0.5) is 0 Å². The smallest absolute Gasteiger partial charge is 0.330 e. The van der Waals surface area contributed by atoms with Crippen LogP contribution >= 0.6 is 0 Å². The molecule has 92 valence electrons. The number of nitrogens with one attached hydrogen (secondary N) is 1. The molecule has 4 nitrogen and oxygen atoms in total. The number of carboxylic acids is 1. The van der Waals surface area contributed by atoms with Gasteiger partial charge in [0.25, 0.3) is 0 Å². The average Bonchev–Trinajstić information content (AvgIpc) is 2.73. The first-order chi connectivity index (χ1) is 7.59. The van der Waals surface area contributed by atoms with Gasteiger partial charge in [-0.1, -0.05) is 18.9 Å². The van der Waals surface area contributed by atoms with E-state index in [1.165, 1.54) is 12.8 Å². The summed E-state index contributed by atoms with van der Waals surface area (Å²) in [6, 6.07) is 0. The number of carboxylic acid groups (broad SMARTS) is 1. The standard InChI is InChI=1S/C12H21NO3/c1-10(11(15)16)4-7-13-8-12(9-14)5-2-3-6-12/h4,13-14H,2-3,5-9H2,1H3,(H,15,16). The van der Waals surface area contributed by atoms with Crippen molar-refractivity contribution in [2.45, 2.75) is 32.6 Å². The van der Waals surface area contributed by atoms with Crippen LogP contribution in [0.15, 0.2) is 11.6 Å². The molecule has 0 heterocycles. The van der Waals surface area contributed by atoms with Crippen LogP contribution in [0.5, 0.6) is 0 Å². The Hall–Kier alpha value is -0.870. The number of carbonyl (C=O) groups is 1. The maximum Gasteiger partial charge on any atom is 0.330 e. The molecular weight excluding hydrogens is 206 g/mol. The molecule has 1 rings (SSSR count). The highest BCUT2D eigenvalue weighted by molar-refractivity contribution is 5.85. The van der Waals surface area contributed by atoms with E-state index in [1.54, 1.807) is 13.0 Å². The van der Waals surface area contributed by atoms with Crippen molar-refractivity contribution in [1.82, 2.24) is 5.32 Å². The van der Waals surface area contributed by atoms with Crippen molar-refractivity contribution in [1.29, 1.82) is 0 Å². The topological polar surface area (TPSA) is 69.6 Å². The fourth-order valence-corrected chi connectivity index (χ4v) is 2.17. The molecule has 0 aromatic heterocycles. The van der Waals surface area contributed by atoms with E-state index in [2.05, 4.69) is 5.32 Å². The summed E-state index contributed by atoms with van der Waals surface area (Å²) in [6.45, 7) is 3.13. The second kappa shape index (κ2) is 6.01. The van der Waals surface area contributed by atoms with Crippen molar-refractivity contribution in [3.63, 3.8) is 0 Å². The molecule has 1 fully saturated rings. The molecule has 1 aliphatic rings. The number of rotatable bonds is 6. The van der Waals surface area contributed by atoms with Crippen LogP contribution in [0.2, 0.25) is 0 Å². The highest BCUT2D eigenvalue weighted by Gasteiger charge is 2.32. The molecule has 0 aromatic rings. The van der Waals surface area contributed by atoms with Crippen LogP contribution in [-0.4, -0.2) is 35.9 Å². The SMILES string of the molecule is CC(=CCNCC1(CO)CCCC1)C(=O)O. The van der Waals surface area contributed by atoms with Gasteiger partial charge in [-0.2, -0.15) is 0 Å². The zero-order valence-corrected chi connectivity index (χ0v) is 9.83. The molecule has 16 heavy (non-hydrogen) atoms. The van der Waals surface area contributed by atoms with Gasteiger partial charge in [0.05, 0.1) is 0 Å². The summed E-state index contributed by atoms with van der Waals surface area (Å²) in [7, 11) is 0. The first-order valence-electron chi connectivity index (χ1n) is 5.81. The summed E-state index contributed by atoms with van der Waals surface area (Å²) in [4.78, 5) is 10.5. The van der Waals surface area contributed by atoms with E-state index in [1.807, 2.05) is 0 Å². The molecule has 0 spiro atoms. The number of aliphatic hydroxyl groups is 1. The zero-order valence-electron chi connectivity index (χ0n) is 9.83. The van der Waals surface area contributed by atoms with E-state index in [4.69, 9.17) is 5.11 Å². The largest absolute Gasteiger partial charge is 0.478 e. The molecule has 1 aliphatic carbocycles. The molecule has 0 unspecified atom stereocenters.